The quantitative estimate of drug-likeness (QED) is 0.888. The summed E-state index contributed by atoms with van der Waals surface area (Å²) in [5.74, 6) is 0. The maximum Gasteiger partial charge on any atom is 0.416 e. The number of hydrogen-bond donors (Lipinski definition) is 2. The number of nitrogens with zero attached hydrogens (tertiary/aromatic N) is 1. The minimum atomic E-state index is -4.50. The highest BCUT2D eigenvalue weighted by Gasteiger charge is 2.34. The van der Waals surface area contributed by atoms with Crippen LogP contribution >= 0.6 is 0 Å². The Morgan fingerprint density at radius 3 is 2.57 bits per heavy atom. The van der Waals surface area contributed by atoms with Crippen LogP contribution in [0.1, 0.15) is 28.4 Å². The molecule has 2 rings (SSSR count). The standard InChI is InChI=1S/C17H15F3N2O/c18-17(19,20)15-7-2-1-6-14(15)16(23)11-22-10-13-5-3-4-12(8-13)9-21/h1-8,16,22-23H,10-11H2/t16-/m1/s1. The molecule has 0 saturated carbocycles. The molecule has 2 aromatic carbocycles. The Labute approximate surface area is 132 Å². The Bertz CT molecular complexity index is 707. The van der Waals surface area contributed by atoms with Crippen molar-refractivity contribution in [3.05, 3.63) is 70.8 Å². The number of aliphatic hydroxyl groups is 1. The molecule has 0 amide bonds. The van der Waals surface area contributed by atoms with Crippen LogP contribution in [-0.2, 0) is 12.7 Å². The van der Waals surface area contributed by atoms with Gasteiger partial charge in [-0.15, -0.1) is 0 Å². The van der Waals surface area contributed by atoms with Crippen molar-refractivity contribution < 1.29 is 18.3 Å². The molecule has 0 saturated heterocycles. The molecular formula is C17H15F3N2O. The van der Waals surface area contributed by atoms with Gasteiger partial charge in [0.1, 0.15) is 0 Å². The van der Waals surface area contributed by atoms with E-state index in [9.17, 15) is 18.3 Å². The predicted molar refractivity (Wildman–Crippen MR) is 79.3 cm³/mol. The topological polar surface area (TPSA) is 56.0 Å². The lowest BCUT2D eigenvalue weighted by Gasteiger charge is -2.18. The number of rotatable bonds is 5. The molecule has 6 heteroatoms. The van der Waals surface area contributed by atoms with Gasteiger partial charge in [-0.3, -0.25) is 0 Å². The van der Waals surface area contributed by atoms with Crippen LogP contribution in [-0.4, -0.2) is 11.7 Å². The van der Waals surface area contributed by atoms with E-state index in [0.717, 1.165) is 11.6 Å². The van der Waals surface area contributed by atoms with Gasteiger partial charge in [-0.25, -0.2) is 0 Å². The van der Waals surface area contributed by atoms with Gasteiger partial charge in [-0.1, -0.05) is 30.3 Å². The van der Waals surface area contributed by atoms with E-state index >= 15 is 0 Å². The summed E-state index contributed by atoms with van der Waals surface area (Å²) < 4.78 is 38.8. The van der Waals surface area contributed by atoms with Crippen LogP contribution in [0.4, 0.5) is 13.2 Å². The second kappa shape index (κ2) is 7.27. The summed E-state index contributed by atoms with van der Waals surface area (Å²) in [6.45, 7) is 0.324. The first-order valence-electron chi connectivity index (χ1n) is 6.96. The Kier molecular flexibility index (Phi) is 5.37. The molecule has 23 heavy (non-hydrogen) atoms. The summed E-state index contributed by atoms with van der Waals surface area (Å²) in [6, 6.07) is 13.9. The number of aliphatic hydroxyl groups excluding tert-OH is 1. The maximum atomic E-state index is 12.9. The summed E-state index contributed by atoms with van der Waals surface area (Å²) in [5.41, 5.74) is 0.340. The molecule has 2 N–H and O–H groups in total. The molecule has 0 aliphatic rings. The Morgan fingerprint density at radius 1 is 1.13 bits per heavy atom. The molecule has 2 aromatic rings. The fraction of sp³-hybridized carbons (Fsp3) is 0.235. The molecule has 0 spiro atoms. The largest absolute Gasteiger partial charge is 0.416 e. The highest BCUT2D eigenvalue weighted by Crippen LogP contribution is 2.34. The van der Waals surface area contributed by atoms with Crippen LogP contribution in [0.2, 0.25) is 0 Å². The van der Waals surface area contributed by atoms with Crippen LogP contribution in [0.5, 0.6) is 0 Å². The number of halogens is 3. The van der Waals surface area contributed by atoms with E-state index in [1.165, 1.54) is 18.2 Å². The number of hydrogen-bond acceptors (Lipinski definition) is 3. The van der Waals surface area contributed by atoms with Gasteiger partial charge in [-0.05, 0) is 29.3 Å². The zero-order valence-electron chi connectivity index (χ0n) is 12.1. The summed E-state index contributed by atoms with van der Waals surface area (Å²) in [5, 5.41) is 21.7. The lowest BCUT2D eigenvalue weighted by molar-refractivity contribution is -0.139. The fourth-order valence-corrected chi connectivity index (χ4v) is 2.26. The van der Waals surface area contributed by atoms with Gasteiger partial charge in [-0.2, -0.15) is 18.4 Å². The van der Waals surface area contributed by atoms with Crippen molar-refractivity contribution in [2.75, 3.05) is 6.54 Å². The van der Waals surface area contributed by atoms with E-state index in [2.05, 4.69) is 5.32 Å². The lowest BCUT2D eigenvalue weighted by Crippen LogP contribution is -2.23. The van der Waals surface area contributed by atoms with Gasteiger partial charge in [0.25, 0.3) is 0 Å². The molecule has 0 fully saturated rings. The highest BCUT2D eigenvalue weighted by atomic mass is 19.4. The zero-order valence-corrected chi connectivity index (χ0v) is 12.1. The van der Waals surface area contributed by atoms with Crippen LogP contribution in [0.3, 0.4) is 0 Å². The van der Waals surface area contributed by atoms with Crippen molar-refractivity contribution in [1.29, 1.82) is 5.26 Å². The van der Waals surface area contributed by atoms with Gasteiger partial charge < -0.3 is 10.4 Å². The molecule has 3 nitrogen and oxygen atoms in total. The summed E-state index contributed by atoms with van der Waals surface area (Å²) in [6.07, 6.45) is -5.77. The van der Waals surface area contributed by atoms with E-state index < -0.39 is 17.8 Å². The van der Waals surface area contributed by atoms with E-state index in [1.807, 2.05) is 6.07 Å². The van der Waals surface area contributed by atoms with Gasteiger partial charge in [0.15, 0.2) is 0 Å². The summed E-state index contributed by atoms with van der Waals surface area (Å²) >= 11 is 0. The van der Waals surface area contributed by atoms with Crippen molar-refractivity contribution in [2.45, 2.75) is 18.8 Å². The SMILES string of the molecule is N#Cc1cccc(CNC[C@@H](O)c2ccccc2C(F)(F)F)c1. The third kappa shape index (κ3) is 4.55. The smallest absolute Gasteiger partial charge is 0.387 e. The molecule has 0 aliphatic carbocycles. The van der Waals surface area contributed by atoms with Crippen molar-refractivity contribution >= 4 is 0 Å². The van der Waals surface area contributed by atoms with Crippen molar-refractivity contribution in [3.63, 3.8) is 0 Å². The monoisotopic (exact) mass is 320 g/mol. The first-order chi connectivity index (χ1) is 10.9. The van der Waals surface area contributed by atoms with Crippen molar-refractivity contribution in [1.82, 2.24) is 5.32 Å². The molecule has 120 valence electrons. The molecule has 0 bridgehead atoms. The normalized spacial score (nSPS) is 12.7. The minimum absolute atomic E-state index is 0.0239. The molecule has 0 aliphatic heterocycles. The van der Waals surface area contributed by atoms with E-state index in [0.29, 0.717) is 12.1 Å². The average Bonchev–Trinajstić information content (AvgIpc) is 2.54. The fourth-order valence-electron chi connectivity index (χ4n) is 2.26. The second-order valence-corrected chi connectivity index (χ2v) is 5.04. The Hall–Kier alpha value is -2.36. The molecule has 0 unspecified atom stereocenters. The van der Waals surface area contributed by atoms with Crippen LogP contribution in [0.15, 0.2) is 48.5 Å². The molecular weight excluding hydrogens is 305 g/mol. The van der Waals surface area contributed by atoms with Gasteiger partial charge in [0, 0.05) is 13.1 Å². The minimum Gasteiger partial charge on any atom is -0.387 e. The van der Waals surface area contributed by atoms with E-state index in [4.69, 9.17) is 5.26 Å². The van der Waals surface area contributed by atoms with Gasteiger partial charge in [0.05, 0.1) is 23.3 Å². The molecule has 0 aromatic heterocycles. The first kappa shape index (κ1) is 17.0. The number of nitriles is 1. The van der Waals surface area contributed by atoms with Crippen molar-refractivity contribution in [2.24, 2.45) is 0 Å². The summed E-state index contributed by atoms with van der Waals surface area (Å²) in [7, 11) is 0. The number of alkyl halides is 3. The Balaban J connectivity index is 2.00. The highest BCUT2D eigenvalue weighted by molar-refractivity contribution is 5.33. The molecule has 1 atom stereocenters. The third-order valence-electron chi connectivity index (χ3n) is 3.35. The van der Waals surface area contributed by atoms with Gasteiger partial charge in [0.2, 0.25) is 0 Å². The third-order valence-corrected chi connectivity index (χ3v) is 3.35. The van der Waals surface area contributed by atoms with Gasteiger partial charge >= 0.3 is 6.18 Å². The number of nitrogens with one attached hydrogen (secondary N) is 1. The van der Waals surface area contributed by atoms with Crippen LogP contribution in [0.25, 0.3) is 0 Å². The lowest BCUT2D eigenvalue weighted by atomic mass is 10.0. The van der Waals surface area contributed by atoms with Crippen LogP contribution in [0, 0.1) is 11.3 Å². The first-order valence-corrected chi connectivity index (χ1v) is 6.96. The Morgan fingerprint density at radius 2 is 1.87 bits per heavy atom. The van der Waals surface area contributed by atoms with E-state index in [-0.39, 0.29) is 12.1 Å². The zero-order chi connectivity index (χ0) is 16.9. The predicted octanol–water partition coefficient (Wildman–Crippen LogP) is 3.40. The summed E-state index contributed by atoms with van der Waals surface area (Å²) in [4.78, 5) is 0. The second-order valence-electron chi connectivity index (χ2n) is 5.04. The van der Waals surface area contributed by atoms with Crippen LogP contribution < -0.4 is 5.32 Å². The molecule has 0 radical (unpaired) electrons. The molecule has 0 heterocycles. The van der Waals surface area contributed by atoms with Crippen molar-refractivity contribution in [3.8, 4) is 6.07 Å². The average molecular weight is 320 g/mol. The van der Waals surface area contributed by atoms with E-state index in [1.54, 1.807) is 24.3 Å². The number of benzene rings is 2. The maximum absolute atomic E-state index is 12.9.